The minimum Gasteiger partial charge on any atom is -0.477 e. The summed E-state index contributed by atoms with van der Waals surface area (Å²) in [6, 6.07) is 1.70. The molecular formula is C12H17NO4. The van der Waals surface area contributed by atoms with E-state index in [1.54, 1.807) is 27.0 Å². The zero-order chi connectivity index (χ0) is 13.2. The summed E-state index contributed by atoms with van der Waals surface area (Å²) in [4.78, 5) is 23.0. The van der Waals surface area contributed by atoms with E-state index in [1.807, 2.05) is 6.92 Å². The van der Waals surface area contributed by atoms with Gasteiger partial charge in [0.1, 0.15) is 5.56 Å². The average Bonchev–Trinajstić information content (AvgIpc) is 2.22. The smallest absolute Gasteiger partial charge is 0.341 e. The number of hydrogen-bond donors (Lipinski definition) is 1. The first-order valence-corrected chi connectivity index (χ1v) is 5.35. The van der Waals surface area contributed by atoms with E-state index >= 15 is 0 Å². The molecule has 0 amide bonds. The summed E-state index contributed by atoms with van der Waals surface area (Å²) in [5, 5.41) is 9.01. The van der Waals surface area contributed by atoms with Gasteiger partial charge >= 0.3 is 5.97 Å². The molecule has 1 N–H and O–H groups in total. The van der Waals surface area contributed by atoms with Crippen LogP contribution >= 0.6 is 0 Å². The lowest BCUT2D eigenvalue weighted by atomic mass is 10.1. The lowest BCUT2D eigenvalue weighted by Gasteiger charge is -2.16. The number of aryl methyl sites for hydroxylation is 2. The number of hydrogen-bond acceptors (Lipinski definition) is 3. The number of carboxylic acid groups (broad SMARTS) is 1. The van der Waals surface area contributed by atoms with Crippen LogP contribution in [-0.4, -0.2) is 28.9 Å². The van der Waals surface area contributed by atoms with Gasteiger partial charge in [0.05, 0.1) is 12.6 Å². The van der Waals surface area contributed by atoms with Gasteiger partial charge in [0.25, 0.3) is 5.56 Å². The third-order valence-corrected chi connectivity index (χ3v) is 2.76. The number of ether oxygens (including phenoxy) is 1. The number of aromatic nitrogens is 1. The van der Waals surface area contributed by atoms with Crippen LogP contribution in [0.5, 0.6) is 0 Å². The van der Waals surface area contributed by atoms with Crippen LogP contribution in [0.3, 0.4) is 0 Å². The van der Waals surface area contributed by atoms with Crippen molar-refractivity contribution in [3.05, 3.63) is 33.2 Å². The van der Waals surface area contributed by atoms with Crippen molar-refractivity contribution < 1.29 is 14.6 Å². The molecule has 0 aliphatic rings. The molecule has 0 fully saturated rings. The van der Waals surface area contributed by atoms with Gasteiger partial charge in [0.15, 0.2) is 0 Å². The maximum Gasteiger partial charge on any atom is 0.341 e. The quantitative estimate of drug-likeness (QED) is 0.857. The Morgan fingerprint density at radius 3 is 2.59 bits per heavy atom. The van der Waals surface area contributed by atoms with Crippen LogP contribution in [-0.2, 0) is 11.3 Å². The normalized spacial score (nSPS) is 12.5. The van der Waals surface area contributed by atoms with Crippen molar-refractivity contribution >= 4 is 5.97 Å². The van der Waals surface area contributed by atoms with Crippen LogP contribution in [0.25, 0.3) is 0 Å². The predicted octanol–water partition coefficient (Wildman–Crippen LogP) is 1.20. The van der Waals surface area contributed by atoms with Gasteiger partial charge in [-0.3, -0.25) is 4.79 Å². The van der Waals surface area contributed by atoms with Crippen molar-refractivity contribution in [2.75, 3.05) is 7.11 Å². The Balaban J connectivity index is 3.36. The van der Waals surface area contributed by atoms with E-state index in [1.165, 1.54) is 4.57 Å². The van der Waals surface area contributed by atoms with Gasteiger partial charge in [-0.2, -0.15) is 0 Å². The largest absolute Gasteiger partial charge is 0.477 e. The van der Waals surface area contributed by atoms with Gasteiger partial charge < -0.3 is 14.4 Å². The van der Waals surface area contributed by atoms with E-state index < -0.39 is 11.5 Å². The Morgan fingerprint density at radius 2 is 2.12 bits per heavy atom. The summed E-state index contributed by atoms with van der Waals surface area (Å²) in [5.41, 5.74) is 0.584. The van der Waals surface area contributed by atoms with Crippen LogP contribution in [0.4, 0.5) is 0 Å². The summed E-state index contributed by atoms with van der Waals surface area (Å²) in [6.07, 6.45) is -0.143. The highest BCUT2D eigenvalue weighted by atomic mass is 16.5. The standard InChI is InChI=1S/C12H17NO4/c1-7-5-8(2)13(6-9(3)17-4)11(14)10(7)12(15)16/h5,9H,6H2,1-4H3,(H,15,16). The van der Waals surface area contributed by atoms with E-state index in [4.69, 9.17) is 9.84 Å². The third kappa shape index (κ3) is 2.74. The van der Waals surface area contributed by atoms with Crippen molar-refractivity contribution in [1.82, 2.24) is 4.57 Å². The number of rotatable bonds is 4. The Kier molecular flexibility index (Phi) is 4.07. The Morgan fingerprint density at radius 1 is 1.53 bits per heavy atom. The number of nitrogens with zero attached hydrogens (tertiary/aromatic N) is 1. The second-order valence-corrected chi connectivity index (χ2v) is 4.11. The fraction of sp³-hybridized carbons (Fsp3) is 0.500. The van der Waals surface area contributed by atoms with Gasteiger partial charge in [-0.1, -0.05) is 0 Å². The Labute approximate surface area is 99.6 Å². The molecule has 0 radical (unpaired) electrons. The highest BCUT2D eigenvalue weighted by molar-refractivity contribution is 5.88. The first-order chi connectivity index (χ1) is 7.88. The maximum atomic E-state index is 12.0. The minimum absolute atomic E-state index is 0.143. The lowest BCUT2D eigenvalue weighted by molar-refractivity contribution is 0.0691. The molecule has 0 aliphatic heterocycles. The van der Waals surface area contributed by atoms with Crippen LogP contribution in [0, 0.1) is 13.8 Å². The van der Waals surface area contributed by atoms with E-state index in [0.717, 1.165) is 5.69 Å². The number of carboxylic acids is 1. The van der Waals surface area contributed by atoms with Crippen molar-refractivity contribution in [3.8, 4) is 0 Å². The predicted molar refractivity (Wildman–Crippen MR) is 63.6 cm³/mol. The van der Waals surface area contributed by atoms with Gasteiger partial charge in [0, 0.05) is 12.8 Å². The molecule has 1 heterocycles. The second-order valence-electron chi connectivity index (χ2n) is 4.11. The van der Waals surface area contributed by atoms with Crippen LogP contribution in [0.2, 0.25) is 0 Å². The van der Waals surface area contributed by atoms with E-state index in [-0.39, 0.29) is 11.7 Å². The molecule has 1 aromatic heterocycles. The molecule has 0 bridgehead atoms. The summed E-state index contributed by atoms with van der Waals surface area (Å²) >= 11 is 0. The molecule has 0 spiro atoms. The van der Waals surface area contributed by atoms with E-state index in [2.05, 4.69) is 0 Å². The number of methoxy groups -OCH3 is 1. The fourth-order valence-electron chi connectivity index (χ4n) is 1.75. The molecule has 0 saturated heterocycles. The Hall–Kier alpha value is -1.62. The lowest BCUT2D eigenvalue weighted by Crippen LogP contribution is -2.32. The highest BCUT2D eigenvalue weighted by Crippen LogP contribution is 2.07. The monoisotopic (exact) mass is 239 g/mol. The van der Waals surface area contributed by atoms with Gasteiger partial charge in [0.2, 0.25) is 0 Å². The zero-order valence-corrected chi connectivity index (χ0v) is 10.5. The third-order valence-electron chi connectivity index (χ3n) is 2.76. The number of aromatic carboxylic acids is 1. The summed E-state index contributed by atoms with van der Waals surface area (Å²) < 4.78 is 6.52. The zero-order valence-electron chi connectivity index (χ0n) is 10.5. The van der Waals surface area contributed by atoms with Crippen molar-refractivity contribution in [3.63, 3.8) is 0 Å². The molecule has 94 valence electrons. The summed E-state index contributed by atoms with van der Waals surface area (Å²) in [6.45, 7) is 5.58. The molecular weight excluding hydrogens is 222 g/mol. The van der Waals surface area contributed by atoms with Gasteiger partial charge in [-0.15, -0.1) is 0 Å². The topological polar surface area (TPSA) is 68.5 Å². The van der Waals surface area contributed by atoms with Crippen LogP contribution in [0.15, 0.2) is 10.9 Å². The minimum atomic E-state index is -1.19. The van der Waals surface area contributed by atoms with Crippen molar-refractivity contribution in [1.29, 1.82) is 0 Å². The molecule has 5 nitrogen and oxygen atoms in total. The molecule has 1 unspecified atom stereocenters. The maximum absolute atomic E-state index is 12.0. The highest BCUT2D eigenvalue weighted by Gasteiger charge is 2.17. The molecule has 0 aliphatic carbocycles. The van der Waals surface area contributed by atoms with Crippen molar-refractivity contribution in [2.45, 2.75) is 33.4 Å². The van der Waals surface area contributed by atoms with Gasteiger partial charge in [-0.25, -0.2) is 4.79 Å². The van der Waals surface area contributed by atoms with Crippen LogP contribution < -0.4 is 5.56 Å². The van der Waals surface area contributed by atoms with Crippen molar-refractivity contribution in [2.24, 2.45) is 0 Å². The molecule has 1 aromatic rings. The SMILES string of the molecule is COC(C)Cn1c(C)cc(C)c(C(=O)O)c1=O. The van der Waals surface area contributed by atoms with Crippen LogP contribution in [0.1, 0.15) is 28.5 Å². The molecule has 0 aromatic carbocycles. The average molecular weight is 239 g/mol. The number of carbonyl (C=O) groups is 1. The second kappa shape index (κ2) is 5.14. The number of pyridine rings is 1. The summed E-state index contributed by atoms with van der Waals surface area (Å²) in [7, 11) is 1.55. The molecule has 0 saturated carbocycles. The molecule has 1 atom stereocenters. The van der Waals surface area contributed by atoms with E-state index in [0.29, 0.717) is 12.1 Å². The molecule has 5 heteroatoms. The Bertz CT molecular complexity index is 490. The molecule has 1 rings (SSSR count). The molecule has 17 heavy (non-hydrogen) atoms. The first-order valence-electron chi connectivity index (χ1n) is 5.35. The fourth-order valence-corrected chi connectivity index (χ4v) is 1.75. The summed E-state index contributed by atoms with van der Waals surface area (Å²) in [5.74, 6) is -1.19. The van der Waals surface area contributed by atoms with Gasteiger partial charge in [-0.05, 0) is 32.4 Å². The van der Waals surface area contributed by atoms with E-state index in [9.17, 15) is 9.59 Å². The first kappa shape index (κ1) is 13.4.